The summed E-state index contributed by atoms with van der Waals surface area (Å²) in [4.78, 5) is 2.32. The van der Waals surface area contributed by atoms with Crippen LogP contribution in [0.25, 0.3) is 0 Å². The van der Waals surface area contributed by atoms with Crippen molar-refractivity contribution in [3.8, 4) is 11.5 Å². The predicted octanol–water partition coefficient (Wildman–Crippen LogP) is 3.77. The van der Waals surface area contributed by atoms with Gasteiger partial charge in [-0.3, -0.25) is 5.01 Å². The third-order valence-electron chi connectivity index (χ3n) is 4.10. The van der Waals surface area contributed by atoms with Gasteiger partial charge >= 0.3 is 0 Å². The van der Waals surface area contributed by atoms with E-state index in [9.17, 15) is 5.11 Å². The van der Waals surface area contributed by atoms with Gasteiger partial charge in [-0.2, -0.15) is 5.10 Å². The molecule has 7 heteroatoms. The summed E-state index contributed by atoms with van der Waals surface area (Å²) < 4.78 is 7.38. The number of rotatable bonds is 4. The molecule has 0 aliphatic carbocycles. The smallest absolute Gasteiger partial charge is 0.142 e. The Morgan fingerprint density at radius 3 is 2.56 bits per heavy atom. The number of benzene rings is 2. The molecule has 0 atom stereocenters. The van der Waals surface area contributed by atoms with Crippen molar-refractivity contribution >= 4 is 57.1 Å². The molecule has 1 N–H and O–H groups in total. The number of halogens is 2. The lowest BCUT2D eigenvalue weighted by molar-refractivity contribution is 0.271. The van der Waals surface area contributed by atoms with Gasteiger partial charge < -0.3 is 14.7 Å². The summed E-state index contributed by atoms with van der Waals surface area (Å²) in [7, 11) is 1.70. The molecule has 1 aliphatic rings. The van der Waals surface area contributed by atoms with Gasteiger partial charge in [0, 0.05) is 22.2 Å². The van der Waals surface area contributed by atoms with Crippen LogP contribution in [-0.2, 0) is 0 Å². The fourth-order valence-corrected chi connectivity index (χ4v) is 4.66. The Morgan fingerprint density at radius 1 is 1.12 bits per heavy atom. The van der Waals surface area contributed by atoms with Crippen LogP contribution in [0.1, 0.15) is 5.56 Å². The Morgan fingerprint density at radius 2 is 1.84 bits per heavy atom. The van der Waals surface area contributed by atoms with Crippen LogP contribution in [0.15, 0.2) is 41.5 Å². The number of phenolic OH excluding ortho intramolecular Hbond substituents is 1. The number of hydrogen-bond donors (Lipinski definition) is 1. The minimum Gasteiger partial charge on any atom is -0.506 e. The first kappa shape index (κ1) is 18.6. The van der Waals surface area contributed by atoms with E-state index < -0.39 is 0 Å². The van der Waals surface area contributed by atoms with Crippen LogP contribution in [-0.4, -0.2) is 49.6 Å². The van der Waals surface area contributed by atoms with Crippen molar-refractivity contribution in [1.29, 1.82) is 0 Å². The highest BCUT2D eigenvalue weighted by molar-refractivity contribution is 14.1. The fraction of sp³-hybridized carbons (Fsp3) is 0.278. The number of phenols is 1. The molecular weight excluding hydrogens is 544 g/mol. The zero-order chi connectivity index (χ0) is 17.8. The van der Waals surface area contributed by atoms with E-state index in [1.807, 2.05) is 35.3 Å². The minimum absolute atomic E-state index is 0.289. The summed E-state index contributed by atoms with van der Waals surface area (Å²) in [5.74, 6) is 1.19. The molecule has 1 heterocycles. The highest BCUT2D eigenvalue weighted by Gasteiger charge is 2.18. The number of piperazine rings is 1. The molecule has 25 heavy (non-hydrogen) atoms. The summed E-state index contributed by atoms with van der Waals surface area (Å²) in [5.41, 5.74) is 1.88. The number of hydrogen-bond acceptors (Lipinski definition) is 5. The number of aromatic hydroxyl groups is 1. The van der Waals surface area contributed by atoms with Crippen LogP contribution in [0.2, 0.25) is 0 Å². The third kappa shape index (κ3) is 4.49. The number of anilines is 1. The molecule has 0 spiro atoms. The standard InChI is InChI=1S/C18H19I2N3O2/c1-25-17-5-3-2-4-16(17)22-6-8-23(9-7-22)21-12-13-10-14(19)11-15(20)18(13)24/h2-5,10-12,24H,6-9H2,1H3/b21-12+. The number of hydrazone groups is 1. The molecule has 1 saturated heterocycles. The molecule has 1 fully saturated rings. The average Bonchev–Trinajstić information content (AvgIpc) is 2.64. The first-order valence-corrected chi connectivity index (χ1v) is 10.1. The second kappa shape index (κ2) is 8.43. The van der Waals surface area contributed by atoms with Gasteiger partial charge in [0.15, 0.2) is 0 Å². The molecule has 0 saturated carbocycles. The molecule has 0 aromatic heterocycles. The molecule has 2 aromatic carbocycles. The molecule has 2 aromatic rings. The van der Waals surface area contributed by atoms with E-state index in [4.69, 9.17) is 4.74 Å². The second-order valence-corrected chi connectivity index (χ2v) is 8.09. The van der Waals surface area contributed by atoms with Crippen LogP contribution in [0.4, 0.5) is 5.69 Å². The first-order chi connectivity index (χ1) is 12.1. The van der Waals surface area contributed by atoms with E-state index in [0.717, 1.165) is 50.3 Å². The second-order valence-electron chi connectivity index (χ2n) is 5.68. The maximum Gasteiger partial charge on any atom is 0.142 e. The molecule has 0 amide bonds. The summed E-state index contributed by atoms with van der Waals surface area (Å²) >= 11 is 4.38. The lowest BCUT2D eigenvalue weighted by Crippen LogP contribution is -2.44. The Labute approximate surface area is 174 Å². The molecule has 0 radical (unpaired) electrons. The highest BCUT2D eigenvalue weighted by Crippen LogP contribution is 2.29. The van der Waals surface area contributed by atoms with E-state index in [1.165, 1.54) is 0 Å². The van der Waals surface area contributed by atoms with Crippen LogP contribution < -0.4 is 9.64 Å². The zero-order valence-electron chi connectivity index (χ0n) is 13.8. The van der Waals surface area contributed by atoms with E-state index in [0.29, 0.717) is 0 Å². The van der Waals surface area contributed by atoms with Gasteiger partial charge in [-0.05, 0) is 69.4 Å². The van der Waals surface area contributed by atoms with Crippen LogP contribution in [0, 0.1) is 7.14 Å². The van der Waals surface area contributed by atoms with Crippen LogP contribution in [0.5, 0.6) is 11.5 Å². The first-order valence-electron chi connectivity index (χ1n) is 7.93. The molecule has 0 bridgehead atoms. The zero-order valence-corrected chi connectivity index (χ0v) is 18.1. The minimum atomic E-state index is 0.289. The summed E-state index contributed by atoms with van der Waals surface area (Å²) in [6.07, 6.45) is 1.75. The third-order valence-corrected chi connectivity index (χ3v) is 5.54. The van der Waals surface area contributed by atoms with Crippen molar-refractivity contribution in [2.45, 2.75) is 0 Å². The SMILES string of the molecule is COc1ccccc1N1CCN(/N=C/c2cc(I)cc(I)c2O)CC1. The van der Waals surface area contributed by atoms with E-state index in [-0.39, 0.29) is 5.75 Å². The quantitative estimate of drug-likeness (QED) is 0.455. The van der Waals surface area contributed by atoms with Gasteiger partial charge in [0.05, 0.1) is 35.7 Å². The van der Waals surface area contributed by atoms with E-state index in [2.05, 4.69) is 61.2 Å². The van der Waals surface area contributed by atoms with Gasteiger partial charge in [-0.15, -0.1) is 0 Å². The monoisotopic (exact) mass is 563 g/mol. The number of ether oxygens (including phenoxy) is 1. The highest BCUT2D eigenvalue weighted by atomic mass is 127. The Balaban J connectivity index is 1.65. The Kier molecular flexibility index (Phi) is 6.26. The molecule has 0 unspecified atom stereocenters. The lowest BCUT2D eigenvalue weighted by atomic mass is 10.2. The number of methoxy groups -OCH3 is 1. The van der Waals surface area contributed by atoms with Gasteiger partial charge in [0.25, 0.3) is 0 Å². The predicted molar refractivity (Wildman–Crippen MR) is 118 cm³/mol. The maximum atomic E-state index is 10.2. The van der Waals surface area contributed by atoms with Gasteiger partial charge in [-0.1, -0.05) is 12.1 Å². The Hall–Kier alpha value is -1.23. The Bertz CT molecular complexity index is 775. The molecule has 5 nitrogen and oxygen atoms in total. The lowest BCUT2D eigenvalue weighted by Gasteiger charge is -2.35. The number of nitrogens with zero attached hydrogens (tertiary/aromatic N) is 3. The summed E-state index contributed by atoms with van der Waals surface area (Å²) in [5, 5.41) is 16.7. The normalized spacial score (nSPS) is 15.0. The maximum absolute atomic E-state index is 10.2. The van der Waals surface area contributed by atoms with Crippen molar-refractivity contribution in [1.82, 2.24) is 5.01 Å². The number of para-hydroxylation sites is 2. The van der Waals surface area contributed by atoms with Gasteiger partial charge in [-0.25, -0.2) is 0 Å². The van der Waals surface area contributed by atoms with Gasteiger partial charge in [0.2, 0.25) is 0 Å². The molecule has 3 rings (SSSR count). The van der Waals surface area contributed by atoms with Crippen molar-refractivity contribution < 1.29 is 9.84 Å². The van der Waals surface area contributed by atoms with Crippen LogP contribution >= 0.6 is 45.2 Å². The summed E-state index contributed by atoms with van der Waals surface area (Å²) in [6.45, 7) is 3.42. The summed E-state index contributed by atoms with van der Waals surface area (Å²) in [6, 6.07) is 12.0. The van der Waals surface area contributed by atoms with Crippen molar-refractivity contribution in [3.05, 3.63) is 49.1 Å². The largest absolute Gasteiger partial charge is 0.506 e. The molecular formula is C18H19I2N3O2. The molecule has 1 aliphatic heterocycles. The molecule has 132 valence electrons. The van der Waals surface area contributed by atoms with Crippen molar-refractivity contribution in [3.63, 3.8) is 0 Å². The van der Waals surface area contributed by atoms with Crippen molar-refractivity contribution in [2.75, 3.05) is 38.2 Å². The van der Waals surface area contributed by atoms with Crippen LogP contribution in [0.3, 0.4) is 0 Å². The topological polar surface area (TPSA) is 48.3 Å². The van der Waals surface area contributed by atoms with E-state index >= 15 is 0 Å². The average molecular weight is 563 g/mol. The van der Waals surface area contributed by atoms with E-state index in [1.54, 1.807) is 13.3 Å². The fourth-order valence-electron chi connectivity index (χ4n) is 2.77. The van der Waals surface area contributed by atoms with Gasteiger partial charge in [0.1, 0.15) is 11.5 Å². The van der Waals surface area contributed by atoms with Crippen molar-refractivity contribution in [2.24, 2.45) is 5.10 Å².